The van der Waals surface area contributed by atoms with Crippen molar-refractivity contribution in [1.82, 2.24) is 15.0 Å². The topological polar surface area (TPSA) is 50.7 Å². The second kappa shape index (κ2) is 5.43. The van der Waals surface area contributed by atoms with E-state index in [1.807, 2.05) is 27.7 Å². The molecule has 4 nitrogen and oxygen atoms in total. The average molecular weight is 297 g/mol. The molecule has 0 aromatic carbocycles. The molecule has 1 N–H and O–H groups in total. The van der Waals surface area contributed by atoms with Crippen LogP contribution in [-0.2, 0) is 0 Å². The second-order valence-corrected chi connectivity index (χ2v) is 6.18. The summed E-state index contributed by atoms with van der Waals surface area (Å²) < 4.78 is 0. The van der Waals surface area contributed by atoms with E-state index >= 15 is 0 Å². The van der Waals surface area contributed by atoms with Crippen LogP contribution in [0.15, 0.2) is 0 Å². The van der Waals surface area contributed by atoms with Gasteiger partial charge in [-0.05, 0) is 34.6 Å². The van der Waals surface area contributed by atoms with E-state index < -0.39 is 0 Å². The van der Waals surface area contributed by atoms with E-state index in [9.17, 15) is 0 Å². The van der Waals surface area contributed by atoms with E-state index in [1.54, 1.807) is 11.3 Å². The van der Waals surface area contributed by atoms with Crippen molar-refractivity contribution in [3.8, 4) is 0 Å². The largest absolute Gasteiger partial charge is 0.362 e. The van der Waals surface area contributed by atoms with Gasteiger partial charge in [-0.25, -0.2) is 15.0 Å². The highest BCUT2D eigenvalue weighted by Gasteiger charge is 2.15. The van der Waals surface area contributed by atoms with Gasteiger partial charge >= 0.3 is 0 Å². The Hall–Kier alpha value is -1.20. The summed E-state index contributed by atoms with van der Waals surface area (Å²) in [5, 5.41) is 4.98. The third kappa shape index (κ3) is 3.04. The molecule has 0 aliphatic carbocycles. The maximum absolute atomic E-state index is 6.08. The van der Waals surface area contributed by atoms with E-state index in [0.717, 1.165) is 22.1 Å². The molecular weight excluding hydrogens is 280 g/mol. The molecule has 0 spiro atoms. The lowest BCUT2D eigenvalue weighted by atomic mass is 10.2. The molecule has 1 atom stereocenters. The first kappa shape index (κ1) is 14.2. The number of aryl methyl sites for hydroxylation is 3. The summed E-state index contributed by atoms with van der Waals surface area (Å²) in [6, 6.07) is 0.148. The van der Waals surface area contributed by atoms with Gasteiger partial charge in [-0.2, -0.15) is 0 Å². The van der Waals surface area contributed by atoms with E-state index in [0.29, 0.717) is 11.0 Å². The summed E-state index contributed by atoms with van der Waals surface area (Å²) in [5.41, 5.74) is 1.94. The van der Waals surface area contributed by atoms with Gasteiger partial charge in [-0.3, -0.25) is 0 Å². The van der Waals surface area contributed by atoms with Crippen LogP contribution in [0.1, 0.15) is 39.9 Å². The number of nitrogens with zero attached hydrogens (tertiary/aromatic N) is 3. The third-order valence-electron chi connectivity index (χ3n) is 2.88. The molecular formula is C13H17ClN4S. The third-order valence-corrected chi connectivity index (χ3v) is 4.51. The summed E-state index contributed by atoms with van der Waals surface area (Å²) in [7, 11) is 0. The van der Waals surface area contributed by atoms with Crippen LogP contribution in [0.4, 0.5) is 5.82 Å². The Morgan fingerprint density at radius 3 is 2.37 bits per heavy atom. The first-order chi connectivity index (χ1) is 8.88. The Morgan fingerprint density at radius 1 is 1.11 bits per heavy atom. The van der Waals surface area contributed by atoms with Gasteiger partial charge in [0.25, 0.3) is 0 Å². The number of halogens is 1. The molecule has 6 heteroatoms. The number of hydrogen-bond donors (Lipinski definition) is 1. The van der Waals surface area contributed by atoms with Crippen LogP contribution in [0, 0.1) is 27.7 Å². The van der Waals surface area contributed by atoms with E-state index in [1.165, 1.54) is 4.88 Å². The van der Waals surface area contributed by atoms with Gasteiger partial charge in [0.1, 0.15) is 16.8 Å². The van der Waals surface area contributed by atoms with Crippen molar-refractivity contribution in [1.29, 1.82) is 0 Å². The zero-order chi connectivity index (χ0) is 14.2. The van der Waals surface area contributed by atoms with Crippen LogP contribution >= 0.6 is 22.9 Å². The maximum Gasteiger partial charge on any atom is 0.137 e. The molecule has 102 valence electrons. The Morgan fingerprint density at radius 2 is 1.79 bits per heavy atom. The van der Waals surface area contributed by atoms with Gasteiger partial charge in [0.05, 0.1) is 16.7 Å². The van der Waals surface area contributed by atoms with E-state index in [4.69, 9.17) is 11.6 Å². The standard InChI is InChI=1S/C13H17ClN4S/c1-6-12(14)17-9(4)18-13(6)16-8(3)11-7(2)15-10(5)19-11/h8H,1-5H3,(H,16,17,18). The second-order valence-electron chi connectivity index (χ2n) is 4.58. The van der Waals surface area contributed by atoms with Gasteiger partial charge in [0, 0.05) is 10.4 Å². The maximum atomic E-state index is 6.08. The first-order valence-corrected chi connectivity index (χ1v) is 7.29. The summed E-state index contributed by atoms with van der Waals surface area (Å²) in [4.78, 5) is 14.2. The fourth-order valence-corrected chi connectivity index (χ4v) is 3.10. The summed E-state index contributed by atoms with van der Waals surface area (Å²) in [5.74, 6) is 1.46. The number of anilines is 1. The monoisotopic (exact) mass is 296 g/mol. The van der Waals surface area contributed by atoms with Crippen LogP contribution in [0.2, 0.25) is 5.15 Å². The van der Waals surface area contributed by atoms with Crippen molar-refractivity contribution >= 4 is 28.8 Å². The van der Waals surface area contributed by atoms with Crippen LogP contribution in [-0.4, -0.2) is 15.0 Å². The van der Waals surface area contributed by atoms with Crippen molar-refractivity contribution in [3.05, 3.63) is 32.1 Å². The summed E-state index contributed by atoms with van der Waals surface area (Å²) >= 11 is 7.79. The number of nitrogens with one attached hydrogen (secondary N) is 1. The van der Waals surface area contributed by atoms with Gasteiger partial charge in [-0.15, -0.1) is 11.3 Å². The van der Waals surface area contributed by atoms with E-state index in [-0.39, 0.29) is 6.04 Å². The predicted molar refractivity (Wildman–Crippen MR) is 80.1 cm³/mol. The quantitative estimate of drug-likeness (QED) is 0.870. The molecule has 2 aromatic heterocycles. The minimum Gasteiger partial charge on any atom is -0.362 e. The van der Waals surface area contributed by atoms with Gasteiger partial charge in [-0.1, -0.05) is 11.6 Å². The molecule has 19 heavy (non-hydrogen) atoms. The minimum atomic E-state index is 0.148. The molecule has 2 heterocycles. The van der Waals surface area contributed by atoms with Crippen molar-refractivity contribution < 1.29 is 0 Å². The first-order valence-electron chi connectivity index (χ1n) is 6.09. The molecule has 0 saturated carbocycles. The highest BCUT2D eigenvalue weighted by atomic mass is 35.5. The molecule has 0 saturated heterocycles. The molecule has 0 fully saturated rings. The highest BCUT2D eigenvalue weighted by Crippen LogP contribution is 2.29. The SMILES string of the molecule is Cc1nc(Cl)c(C)c(NC(C)c2sc(C)nc2C)n1. The smallest absolute Gasteiger partial charge is 0.137 e. The highest BCUT2D eigenvalue weighted by molar-refractivity contribution is 7.11. The van der Waals surface area contributed by atoms with E-state index in [2.05, 4.69) is 27.2 Å². The molecule has 0 radical (unpaired) electrons. The van der Waals surface area contributed by atoms with Crippen LogP contribution in [0.5, 0.6) is 0 Å². The average Bonchev–Trinajstić information content (AvgIpc) is 2.64. The molecule has 1 unspecified atom stereocenters. The van der Waals surface area contributed by atoms with Crippen molar-refractivity contribution in [2.24, 2.45) is 0 Å². The fourth-order valence-electron chi connectivity index (χ4n) is 1.95. The Bertz CT molecular complexity index is 609. The normalized spacial score (nSPS) is 12.5. The van der Waals surface area contributed by atoms with Gasteiger partial charge in [0.2, 0.25) is 0 Å². The van der Waals surface area contributed by atoms with Crippen LogP contribution in [0.3, 0.4) is 0 Å². The predicted octanol–water partition coefficient (Wildman–Crippen LogP) is 3.99. The summed E-state index contributed by atoms with van der Waals surface area (Å²) in [6.07, 6.45) is 0. The van der Waals surface area contributed by atoms with Gasteiger partial charge in [0.15, 0.2) is 0 Å². The number of thiazole rings is 1. The Labute approximate surface area is 122 Å². The molecule has 0 aliphatic rings. The van der Waals surface area contributed by atoms with Gasteiger partial charge < -0.3 is 5.32 Å². The zero-order valence-corrected chi connectivity index (χ0v) is 13.3. The zero-order valence-electron chi connectivity index (χ0n) is 11.7. The van der Waals surface area contributed by atoms with Crippen molar-refractivity contribution in [2.45, 2.75) is 40.7 Å². The fraction of sp³-hybridized carbons (Fsp3) is 0.462. The lowest BCUT2D eigenvalue weighted by Gasteiger charge is -2.16. The van der Waals surface area contributed by atoms with Crippen molar-refractivity contribution in [3.63, 3.8) is 0 Å². The minimum absolute atomic E-state index is 0.148. The number of aromatic nitrogens is 3. The molecule has 0 amide bonds. The number of rotatable bonds is 3. The Kier molecular flexibility index (Phi) is 4.06. The number of hydrogen-bond acceptors (Lipinski definition) is 5. The Balaban J connectivity index is 2.29. The lowest BCUT2D eigenvalue weighted by Crippen LogP contribution is -2.10. The van der Waals surface area contributed by atoms with Crippen LogP contribution in [0.25, 0.3) is 0 Å². The molecule has 0 bridgehead atoms. The summed E-state index contributed by atoms with van der Waals surface area (Å²) in [6.45, 7) is 9.91. The molecule has 0 aliphatic heterocycles. The molecule has 2 rings (SSSR count). The van der Waals surface area contributed by atoms with Crippen LogP contribution < -0.4 is 5.32 Å². The molecule has 2 aromatic rings. The lowest BCUT2D eigenvalue weighted by molar-refractivity contribution is 0.867. The van der Waals surface area contributed by atoms with Crippen molar-refractivity contribution in [2.75, 3.05) is 5.32 Å².